The molecule has 0 atom stereocenters. The Morgan fingerprint density at radius 1 is 1.16 bits per heavy atom. The zero-order valence-corrected chi connectivity index (χ0v) is 15.3. The molecule has 0 radical (unpaired) electrons. The molecule has 0 fully saturated rings. The number of nitrogens with zero attached hydrogens (tertiary/aromatic N) is 1. The Hall–Kier alpha value is -2.11. The van der Waals surface area contributed by atoms with E-state index < -0.39 is 10.0 Å². The third kappa shape index (κ3) is 4.50. The fourth-order valence-corrected chi connectivity index (χ4v) is 4.51. The highest BCUT2D eigenvalue weighted by Gasteiger charge is 2.15. The van der Waals surface area contributed by atoms with Crippen LogP contribution in [0.2, 0.25) is 4.34 Å². The van der Waals surface area contributed by atoms with E-state index >= 15 is 0 Å². The SMILES string of the molecule is O=S(=O)(NCC#CCOc1cccc2cccnc12)c1ccc(Cl)s1. The van der Waals surface area contributed by atoms with Crippen molar-refractivity contribution in [3.05, 3.63) is 53.0 Å². The smallest absolute Gasteiger partial charge is 0.250 e. The zero-order valence-electron chi connectivity index (χ0n) is 12.9. The number of ether oxygens (including phenoxy) is 1. The second-order valence-electron chi connectivity index (χ2n) is 4.86. The molecule has 0 unspecified atom stereocenters. The maximum Gasteiger partial charge on any atom is 0.250 e. The molecule has 5 nitrogen and oxygen atoms in total. The number of hydrogen-bond donors (Lipinski definition) is 1. The Bertz CT molecular complexity index is 1050. The van der Waals surface area contributed by atoms with Gasteiger partial charge in [0.15, 0.2) is 0 Å². The van der Waals surface area contributed by atoms with Gasteiger partial charge in [0.25, 0.3) is 10.0 Å². The summed E-state index contributed by atoms with van der Waals surface area (Å²) in [7, 11) is -3.58. The largest absolute Gasteiger partial charge is 0.479 e. The predicted octanol–water partition coefficient (Wildman–Crippen LogP) is 3.31. The molecule has 0 spiro atoms. The van der Waals surface area contributed by atoms with E-state index in [4.69, 9.17) is 16.3 Å². The fraction of sp³-hybridized carbons (Fsp3) is 0.118. The molecule has 1 N–H and O–H groups in total. The van der Waals surface area contributed by atoms with Crippen LogP contribution in [0.4, 0.5) is 0 Å². The van der Waals surface area contributed by atoms with E-state index in [1.165, 1.54) is 6.07 Å². The Balaban J connectivity index is 1.55. The molecule has 3 rings (SSSR count). The van der Waals surface area contributed by atoms with Crippen molar-refractivity contribution < 1.29 is 13.2 Å². The van der Waals surface area contributed by atoms with Crippen LogP contribution in [0.15, 0.2) is 52.9 Å². The van der Waals surface area contributed by atoms with Crippen LogP contribution in [0, 0.1) is 11.8 Å². The van der Waals surface area contributed by atoms with E-state index in [0.29, 0.717) is 10.1 Å². The highest BCUT2D eigenvalue weighted by atomic mass is 35.5. The Kier molecular flexibility index (Phi) is 5.56. The first-order chi connectivity index (χ1) is 12.1. The number of benzene rings is 1. The van der Waals surface area contributed by atoms with Gasteiger partial charge in [-0.15, -0.1) is 11.3 Å². The van der Waals surface area contributed by atoms with E-state index in [0.717, 1.165) is 22.2 Å². The molecule has 2 heterocycles. The summed E-state index contributed by atoms with van der Waals surface area (Å²) in [4.78, 5) is 4.29. The van der Waals surface area contributed by atoms with Gasteiger partial charge in [0, 0.05) is 11.6 Å². The van der Waals surface area contributed by atoms with Crippen LogP contribution in [0.1, 0.15) is 0 Å². The summed E-state index contributed by atoms with van der Waals surface area (Å²) in [5.41, 5.74) is 0.766. The average molecular weight is 393 g/mol. The van der Waals surface area contributed by atoms with E-state index in [9.17, 15) is 8.42 Å². The second kappa shape index (κ2) is 7.85. The number of hydrogen-bond acceptors (Lipinski definition) is 5. The lowest BCUT2D eigenvalue weighted by Gasteiger charge is -2.05. The molecule has 0 amide bonds. The average Bonchev–Trinajstić information content (AvgIpc) is 3.05. The molecule has 0 aliphatic heterocycles. The quantitative estimate of drug-likeness (QED) is 0.676. The Morgan fingerprint density at radius 2 is 2.00 bits per heavy atom. The minimum Gasteiger partial charge on any atom is -0.479 e. The fourth-order valence-electron chi connectivity index (χ4n) is 2.06. The van der Waals surface area contributed by atoms with Crippen molar-refractivity contribution in [1.29, 1.82) is 0 Å². The summed E-state index contributed by atoms with van der Waals surface area (Å²) in [6, 6.07) is 12.5. The van der Waals surface area contributed by atoms with Gasteiger partial charge in [0.05, 0.1) is 10.9 Å². The number of halogens is 1. The van der Waals surface area contributed by atoms with Crippen molar-refractivity contribution in [3.63, 3.8) is 0 Å². The van der Waals surface area contributed by atoms with Gasteiger partial charge >= 0.3 is 0 Å². The summed E-state index contributed by atoms with van der Waals surface area (Å²) in [5, 5.41) is 0.982. The maximum absolute atomic E-state index is 12.0. The van der Waals surface area contributed by atoms with Gasteiger partial charge in [0.1, 0.15) is 22.1 Å². The predicted molar refractivity (Wildman–Crippen MR) is 99.5 cm³/mol. The third-order valence-corrected chi connectivity index (χ3v) is 6.31. The number of aromatic nitrogens is 1. The van der Waals surface area contributed by atoms with Crippen LogP contribution in [0.3, 0.4) is 0 Å². The van der Waals surface area contributed by atoms with Crippen molar-refractivity contribution in [2.24, 2.45) is 0 Å². The van der Waals surface area contributed by atoms with Gasteiger partial charge in [-0.3, -0.25) is 4.98 Å². The lowest BCUT2D eigenvalue weighted by atomic mass is 10.2. The normalized spacial score (nSPS) is 11.1. The van der Waals surface area contributed by atoms with Crippen LogP contribution in [-0.2, 0) is 10.0 Å². The molecule has 0 saturated heterocycles. The van der Waals surface area contributed by atoms with Gasteiger partial charge in [-0.05, 0) is 24.3 Å². The van der Waals surface area contributed by atoms with E-state index in [1.807, 2.05) is 30.3 Å². The number of fused-ring (bicyclic) bond motifs is 1. The van der Waals surface area contributed by atoms with Crippen molar-refractivity contribution in [1.82, 2.24) is 9.71 Å². The molecule has 0 bridgehead atoms. The highest BCUT2D eigenvalue weighted by Crippen LogP contribution is 2.25. The van der Waals surface area contributed by atoms with Crippen LogP contribution >= 0.6 is 22.9 Å². The molecule has 0 aliphatic rings. The first kappa shape index (κ1) is 17.7. The number of rotatable bonds is 5. The monoisotopic (exact) mass is 392 g/mol. The molecule has 8 heteroatoms. The summed E-state index contributed by atoms with van der Waals surface area (Å²) in [6.45, 7) is 0.136. The van der Waals surface area contributed by atoms with E-state index in [-0.39, 0.29) is 17.4 Å². The summed E-state index contributed by atoms with van der Waals surface area (Å²) < 4.78 is 32.6. The van der Waals surface area contributed by atoms with Crippen LogP contribution in [-0.4, -0.2) is 26.6 Å². The molecule has 0 aliphatic carbocycles. The Morgan fingerprint density at radius 3 is 2.80 bits per heavy atom. The lowest BCUT2D eigenvalue weighted by molar-refractivity contribution is 0.374. The first-order valence-electron chi connectivity index (χ1n) is 7.23. The van der Waals surface area contributed by atoms with Gasteiger partial charge < -0.3 is 4.74 Å². The van der Waals surface area contributed by atoms with E-state index in [1.54, 1.807) is 12.3 Å². The summed E-state index contributed by atoms with van der Waals surface area (Å²) in [6.07, 6.45) is 1.70. The number of nitrogens with one attached hydrogen (secondary N) is 1. The minimum absolute atomic E-state index is 0.00496. The van der Waals surface area contributed by atoms with Gasteiger partial charge in [-0.2, -0.15) is 4.72 Å². The van der Waals surface area contributed by atoms with Crippen molar-refractivity contribution >= 4 is 43.9 Å². The molecule has 128 valence electrons. The molecular weight excluding hydrogens is 380 g/mol. The number of pyridine rings is 1. The summed E-state index contributed by atoms with van der Waals surface area (Å²) in [5.74, 6) is 6.14. The number of sulfonamides is 1. The van der Waals surface area contributed by atoms with Gasteiger partial charge in [0.2, 0.25) is 0 Å². The van der Waals surface area contributed by atoms with Crippen molar-refractivity contribution in [2.75, 3.05) is 13.2 Å². The molecule has 1 aromatic carbocycles. The molecular formula is C17H13ClN2O3S2. The van der Waals surface area contributed by atoms with E-state index in [2.05, 4.69) is 21.5 Å². The second-order valence-corrected chi connectivity index (χ2v) is 8.57. The number of para-hydroxylation sites is 1. The van der Waals surface area contributed by atoms with Crippen molar-refractivity contribution in [2.45, 2.75) is 4.21 Å². The Labute approximate surface area is 154 Å². The van der Waals surface area contributed by atoms with Crippen LogP contribution < -0.4 is 9.46 Å². The van der Waals surface area contributed by atoms with Crippen LogP contribution in [0.5, 0.6) is 5.75 Å². The maximum atomic E-state index is 12.0. The number of thiophene rings is 1. The molecule has 0 saturated carbocycles. The van der Waals surface area contributed by atoms with Gasteiger partial charge in [-0.25, -0.2) is 8.42 Å². The van der Waals surface area contributed by atoms with Crippen LogP contribution in [0.25, 0.3) is 10.9 Å². The first-order valence-corrected chi connectivity index (χ1v) is 9.91. The topological polar surface area (TPSA) is 68.3 Å². The molecule has 3 aromatic rings. The zero-order chi connectivity index (χ0) is 17.7. The molecule has 25 heavy (non-hydrogen) atoms. The summed E-state index contributed by atoms with van der Waals surface area (Å²) >= 11 is 6.74. The molecule has 2 aromatic heterocycles. The standard InChI is InChI=1S/C17H13ClN2O3S2/c18-15-8-9-16(24-15)25(21,22)20-11-1-2-12-23-14-7-3-5-13-6-4-10-19-17(13)14/h3-10,20H,11-12H2. The highest BCUT2D eigenvalue weighted by molar-refractivity contribution is 7.91. The minimum atomic E-state index is -3.58. The van der Waals surface area contributed by atoms with Gasteiger partial charge in [-0.1, -0.05) is 41.6 Å². The van der Waals surface area contributed by atoms with Crippen molar-refractivity contribution in [3.8, 4) is 17.6 Å². The lowest BCUT2D eigenvalue weighted by Crippen LogP contribution is -2.23. The third-order valence-electron chi connectivity index (χ3n) is 3.18.